The van der Waals surface area contributed by atoms with Gasteiger partial charge >= 0.3 is 10.4 Å². The van der Waals surface area contributed by atoms with Crippen molar-refractivity contribution >= 4 is 16.1 Å². The Hall–Kier alpha value is -2.01. The molecular formula is C13H10FNO2S. The molecule has 0 aliphatic carbocycles. The quantitative estimate of drug-likeness (QED) is 0.631. The van der Waals surface area contributed by atoms with Gasteiger partial charge in [-0.25, -0.2) is 0 Å². The van der Waals surface area contributed by atoms with Crippen LogP contribution >= 0.6 is 0 Å². The van der Waals surface area contributed by atoms with E-state index in [0.717, 1.165) is 0 Å². The normalized spacial score (nSPS) is 10.9. The molecular weight excluding hydrogens is 253 g/mol. The zero-order chi connectivity index (χ0) is 13.0. The molecule has 5 heteroatoms. The molecule has 2 aromatic rings. The Bertz CT molecular complexity index is 610. The number of rotatable bonds is 3. The second-order valence-electron chi connectivity index (χ2n) is 3.58. The molecule has 0 heterocycles. The maximum absolute atomic E-state index is 12.8. The SMILES string of the molecule is O=S(=O)(F)N=C(c1ccccc1)c1ccccc1. The minimum atomic E-state index is -4.93. The third-order valence-electron chi connectivity index (χ3n) is 2.29. The van der Waals surface area contributed by atoms with Crippen LogP contribution in [0.25, 0.3) is 0 Å². The fraction of sp³-hybridized carbons (Fsp3) is 0. The average molecular weight is 263 g/mol. The molecule has 3 nitrogen and oxygen atoms in total. The molecule has 0 N–H and O–H groups in total. The molecule has 0 atom stereocenters. The fourth-order valence-corrected chi connectivity index (χ4v) is 2.00. The average Bonchev–Trinajstić information content (AvgIpc) is 2.37. The lowest BCUT2D eigenvalue weighted by Crippen LogP contribution is -2.05. The molecule has 0 fully saturated rings. The molecule has 0 aliphatic rings. The predicted molar refractivity (Wildman–Crippen MR) is 68.6 cm³/mol. The maximum atomic E-state index is 12.8. The lowest BCUT2D eigenvalue weighted by atomic mass is 10.0. The third-order valence-corrected chi connectivity index (χ3v) is 2.70. The first kappa shape index (κ1) is 12.4. The molecule has 0 unspecified atom stereocenters. The van der Waals surface area contributed by atoms with Gasteiger partial charge in [-0.15, -0.1) is 4.40 Å². The van der Waals surface area contributed by atoms with Crippen LogP contribution in [0.1, 0.15) is 11.1 Å². The molecule has 0 aliphatic heterocycles. The summed E-state index contributed by atoms with van der Waals surface area (Å²) >= 11 is 0. The summed E-state index contributed by atoms with van der Waals surface area (Å²) in [6.45, 7) is 0. The summed E-state index contributed by atoms with van der Waals surface area (Å²) in [6.07, 6.45) is 0. The predicted octanol–water partition coefficient (Wildman–Crippen LogP) is 2.74. The van der Waals surface area contributed by atoms with E-state index in [1.165, 1.54) is 0 Å². The van der Waals surface area contributed by atoms with Crippen LogP contribution < -0.4 is 0 Å². The van der Waals surface area contributed by atoms with Crippen LogP contribution in [0.5, 0.6) is 0 Å². The number of halogens is 1. The summed E-state index contributed by atoms with van der Waals surface area (Å²) in [7, 11) is -4.93. The van der Waals surface area contributed by atoms with E-state index in [-0.39, 0.29) is 5.71 Å². The van der Waals surface area contributed by atoms with Gasteiger partial charge < -0.3 is 0 Å². The van der Waals surface area contributed by atoms with Crippen molar-refractivity contribution in [3.63, 3.8) is 0 Å². The molecule has 0 saturated heterocycles. The van der Waals surface area contributed by atoms with E-state index in [2.05, 4.69) is 4.40 Å². The lowest BCUT2D eigenvalue weighted by Gasteiger charge is -2.05. The van der Waals surface area contributed by atoms with Crippen molar-refractivity contribution in [2.75, 3.05) is 0 Å². The second kappa shape index (κ2) is 5.10. The molecule has 2 rings (SSSR count). The summed E-state index contributed by atoms with van der Waals surface area (Å²) in [5.74, 6) is 0. The third kappa shape index (κ3) is 3.24. The first-order chi connectivity index (χ1) is 8.56. The van der Waals surface area contributed by atoms with Crippen molar-refractivity contribution in [3.05, 3.63) is 71.8 Å². The van der Waals surface area contributed by atoms with E-state index in [0.29, 0.717) is 11.1 Å². The van der Waals surface area contributed by atoms with Crippen molar-refractivity contribution in [1.82, 2.24) is 0 Å². The van der Waals surface area contributed by atoms with Crippen molar-refractivity contribution in [2.45, 2.75) is 0 Å². The molecule has 0 radical (unpaired) electrons. The van der Waals surface area contributed by atoms with Crippen LogP contribution in [0.4, 0.5) is 3.89 Å². The van der Waals surface area contributed by atoms with E-state index in [1.807, 2.05) is 0 Å². The lowest BCUT2D eigenvalue weighted by molar-refractivity contribution is 0.554. The largest absolute Gasteiger partial charge is 0.418 e. The van der Waals surface area contributed by atoms with E-state index >= 15 is 0 Å². The van der Waals surface area contributed by atoms with Gasteiger partial charge in [0.1, 0.15) is 0 Å². The number of hydrogen-bond donors (Lipinski definition) is 0. The van der Waals surface area contributed by atoms with Crippen molar-refractivity contribution in [2.24, 2.45) is 4.40 Å². The van der Waals surface area contributed by atoms with Crippen LogP contribution in [-0.4, -0.2) is 14.1 Å². The highest BCUT2D eigenvalue weighted by Gasteiger charge is 2.12. The monoisotopic (exact) mass is 263 g/mol. The standard InChI is InChI=1S/C13H10FNO2S/c14-18(16,17)15-13(11-7-3-1-4-8-11)12-9-5-2-6-10-12/h1-10H. The van der Waals surface area contributed by atoms with Gasteiger partial charge in [-0.3, -0.25) is 0 Å². The van der Waals surface area contributed by atoms with E-state index in [1.54, 1.807) is 60.7 Å². The van der Waals surface area contributed by atoms with Crippen LogP contribution in [0.2, 0.25) is 0 Å². The second-order valence-corrected chi connectivity index (χ2v) is 4.59. The van der Waals surface area contributed by atoms with Crippen molar-refractivity contribution < 1.29 is 12.3 Å². The molecule has 0 aromatic heterocycles. The van der Waals surface area contributed by atoms with Crippen LogP contribution in [0, 0.1) is 0 Å². The molecule has 0 spiro atoms. The molecule has 2 aromatic carbocycles. The maximum Gasteiger partial charge on any atom is 0.418 e. The van der Waals surface area contributed by atoms with Gasteiger partial charge in [0.15, 0.2) is 0 Å². The van der Waals surface area contributed by atoms with Crippen molar-refractivity contribution in [1.29, 1.82) is 0 Å². The van der Waals surface area contributed by atoms with E-state index < -0.39 is 10.4 Å². The summed E-state index contributed by atoms with van der Waals surface area (Å²) in [5, 5.41) is 0. The number of nitrogens with zero attached hydrogens (tertiary/aromatic N) is 1. The first-order valence-electron chi connectivity index (χ1n) is 5.22. The zero-order valence-corrected chi connectivity index (χ0v) is 10.1. The van der Waals surface area contributed by atoms with Gasteiger partial charge in [-0.2, -0.15) is 8.42 Å². The van der Waals surface area contributed by atoms with Gasteiger partial charge in [-0.1, -0.05) is 64.5 Å². The Labute approximate surface area is 105 Å². The molecule has 0 saturated carbocycles. The summed E-state index contributed by atoms with van der Waals surface area (Å²) in [4.78, 5) is 0. The Morgan fingerprint density at radius 2 is 1.22 bits per heavy atom. The van der Waals surface area contributed by atoms with Gasteiger partial charge in [0.05, 0.1) is 5.71 Å². The Kier molecular flexibility index (Phi) is 3.53. The van der Waals surface area contributed by atoms with Crippen molar-refractivity contribution in [3.8, 4) is 0 Å². The highest BCUT2D eigenvalue weighted by atomic mass is 32.3. The van der Waals surface area contributed by atoms with E-state index in [9.17, 15) is 12.3 Å². The highest BCUT2D eigenvalue weighted by molar-refractivity contribution is 7.85. The Morgan fingerprint density at radius 1 is 0.833 bits per heavy atom. The van der Waals surface area contributed by atoms with Crippen LogP contribution in [-0.2, 0) is 10.4 Å². The first-order valence-corrected chi connectivity index (χ1v) is 6.56. The molecule has 18 heavy (non-hydrogen) atoms. The fourth-order valence-electron chi connectivity index (χ4n) is 1.57. The smallest absolute Gasteiger partial charge is 0.170 e. The molecule has 92 valence electrons. The summed E-state index contributed by atoms with van der Waals surface area (Å²) in [6, 6.07) is 17.2. The van der Waals surface area contributed by atoms with Gasteiger partial charge in [0.2, 0.25) is 0 Å². The summed E-state index contributed by atoms with van der Waals surface area (Å²) in [5.41, 5.74) is 1.19. The topological polar surface area (TPSA) is 46.5 Å². The molecule has 0 bridgehead atoms. The Morgan fingerprint density at radius 3 is 1.56 bits per heavy atom. The Balaban J connectivity index is 2.60. The number of hydrogen-bond acceptors (Lipinski definition) is 2. The van der Waals surface area contributed by atoms with E-state index in [4.69, 9.17) is 0 Å². The zero-order valence-electron chi connectivity index (χ0n) is 9.32. The number of benzene rings is 2. The van der Waals surface area contributed by atoms with Crippen LogP contribution in [0.15, 0.2) is 65.1 Å². The van der Waals surface area contributed by atoms with Crippen LogP contribution in [0.3, 0.4) is 0 Å². The van der Waals surface area contributed by atoms with Gasteiger partial charge in [-0.05, 0) is 0 Å². The van der Waals surface area contributed by atoms with Gasteiger partial charge in [0.25, 0.3) is 0 Å². The summed E-state index contributed by atoms with van der Waals surface area (Å²) < 4.78 is 37.4. The molecule has 0 amide bonds. The highest BCUT2D eigenvalue weighted by Crippen LogP contribution is 2.13. The minimum absolute atomic E-state index is 0.0960. The van der Waals surface area contributed by atoms with Gasteiger partial charge in [0, 0.05) is 11.1 Å². The minimum Gasteiger partial charge on any atom is -0.170 e.